The molecule has 1 N–H and O–H groups in total. The zero-order chi connectivity index (χ0) is 14.1. The molecule has 0 radical (unpaired) electrons. The Morgan fingerprint density at radius 1 is 1.50 bits per heavy atom. The summed E-state index contributed by atoms with van der Waals surface area (Å²) < 4.78 is 0. The van der Waals surface area contributed by atoms with Gasteiger partial charge in [-0.25, -0.2) is 4.79 Å². The molecule has 1 aliphatic rings. The predicted octanol–water partition coefficient (Wildman–Crippen LogP) is 0.734. The van der Waals surface area contributed by atoms with E-state index < -0.39 is 23.9 Å². The number of aliphatic hydroxyl groups is 1. The summed E-state index contributed by atoms with van der Waals surface area (Å²) in [5.41, 5.74) is 0. The Morgan fingerprint density at radius 3 is 2.56 bits per heavy atom. The summed E-state index contributed by atoms with van der Waals surface area (Å²) in [4.78, 5) is 38.1. The van der Waals surface area contributed by atoms with Gasteiger partial charge in [-0.15, -0.1) is 0 Å². The number of carbonyl (C=O) groups is 3. The Hall–Kier alpha value is -1.08. The average molecular weight is 277 g/mol. The highest BCUT2D eigenvalue weighted by molar-refractivity contribution is 7.98. The van der Waals surface area contributed by atoms with Crippen LogP contribution in [-0.4, -0.2) is 46.1 Å². The van der Waals surface area contributed by atoms with E-state index in [1.807, 2.05) is 20.1 Å². The highest BCUT2D eigenvalue weighted by Gasteiger charge is 2.40. The van der Waals surface area contributed by atoms with Crippen LogP contribution in [0.3, 0.4) is 0 Å². The molecule has 1 aliphatic heterocycles. The third-order valence-corrected chi connectivity index (χ3v) is 2.70. The lowest BCUT2D eigenvalue weighted by molar-refractivity contribution is -0.198. The fourth-order valence-corrected chi connectivity index (χ4v) is 1.63. The first kappa shape index (κ1) is 16.9. The number of hydrogen-bond acceptors (Lipinski definition) is 6. The molecule has 1 unspecified atom stereocenters. The van der Waals surface area contributed by atoms with Crippen LogP contribution in [-0.2, 0) is 19.2 Å². The third-order valence-electron chi connectivity index (χ3n) is 2.00. The first-order chi connectivity index (χ1) is 8.56. The number of thioether (sulfide) groups is 1. The number of nitrogens with zero attached hydrogens (tertiary/aromatic N) is 1. The molecule has 0 aromatic carbocycles. The fourth-order valence-electron chi connectivity index (χ4n) is 1.20. The topological polar surface area (TPSA) is 83.9 Å². The van der Waals surface area contributed by atoms with Crippen molar-refractivity contribution < 1.29 is 24.3 Å². The van der Waals surface area contributed by atoms with Crippen LogP contribution in [0.5, 0.6) is 0 Å². The SMILES string of the molecule is CC.CSCCCC(=O)ON1C(=O)CC(O)C1=O. The molecule has 0 aliphatic carbocycles. The van der Waals surface area contributed by atoms with Gasteiger partial charge < -0.3 is 9.94 Å². The average Bonchev–Trinajstić information content (AvgIpc) is 2.59. The van der Waals surface area contributed by atoms with E-state index in [4.69, 9.17) is 5.11 Å². The molecule has 7 heteroatoms. The maximum Gasteiger partial charge on any atom is 0.333 e. The molecular formula is C11H19NO5S. The molecule has 1 heterocycles. The Labute approximate surface area is 111 Å². The molecule has 18 heavy (non-hydrogen) atoms. The van der Waals surface area contributed by atoms with E-state index in [-0.39, 0.29) is 12.8 Å². The fraction of sp³-hybridized carbons (Fsp3) is 0.727. The van der Waals surface area contributed by atoms with Gasteiger partial charge in [0.25, 0.3) is 11.8 Å². The van der Waals surface area contributed by atoms with Crippen molar-refractivity contribution in [3.63, 3.8) is 0 Å². The van der Waals surface area contributed by atoms with Gasteiger partial charge in [0.2, 0.25) is 0 Å². The number of rotatable bonds is 5. The summed E-state index contributed by atoms with van der Waals surface area (Å²) in [6.45, 7) is 4.00. The van der Waals surface area contributed by atoms with Crippen LogP contribution >= 0.6 is 11.8 Å². The number of imide groups is 1. The molecule has 2 amide bonds. The van der Waals surface area contributed by atoms with Gasteiger partial charge in [0.15, 0.2) is 0 Å². The maximum atomic E-state index is 11.2. The summed E-state index contributed by atoms with van der Waals surface area (Å²) in [6, 6.07) is 0. The monoisotopic (exact) mass is 277 g/mol. The normalized spacial score (nSPS) is 18.4. The third kappa shape index (κ3) is 5.05. The summed E-state index contributed by atoms with van der Waals surface area (Å²) in [5.74, 6) is -1.39. The smallest absolute Gasteiger partial charge is 0.333 e. The van der Waals surface area contributed by atoms with Crippen LogP contribution in [0.15, 0.2) is 0 Å². The lowest BCUT2D eigenvalue weighted by atomic mass is 10.3. The Bertz CT molecular complexity index is 308. The van der Waals surface area contributed by atoms with Crippen LogP contribution in [0.1, 0.15) is 33.1 Å². The zero-order valence-corrected chi connectivity index (χ0v) is 11.7. The zero-order valence-electron chi connectivity index (χ0n) is 10.8. The summed E-state index contributed by atoms with van der Waals surface area (Å²) in [5, 5.41) is 9.41. The number of carbonyl (C=O) groups excluding carboxylic acids is 3. The molecule has 1 atom stereocenters. The highest BCUT2D eigenvalue weighted by Crippen LogP contribution is 2.14. The number of hydrogen-bond donors (Lipinski definition) is 1. The molecule has 0 spiro atoms. The maximum absolute atomic E-state index is 11.2. The van der Waals surface area contributed by atoms with Gasteiger partial charge in [0.05, 0.1) is 6.42 Å². The van der Waals surface area contributed by atoms with Gasteiger partial charge >= 0.3 is 5.97 Å². The van der Waals surface area contributed by atoms with Crippen molar-refractivity contribution in [2.45, 2.75) is 39.2 Å². The van der Waals surface area contributed by atoms with Crippen LogP contribution in [0.25, 0.3) is 0 Å². The molecular weight excluding hydrogens is 258 g/mol. The summed E-state index contributed by atoms with van der Waals surface area (Å²) >= 11 is 1.59. The van der Waals surface area contributed by atoms with Crippen LogP contribution in [0.2, 0.25) is 0 Å². The number of aliphatic hydroxyl groups excluding tert-OH is 1. The van der Waals surface area contributed by atoms with Gasteiger partial charge in [-0.2, -0.15) is 11.8 Å². The van der Waals surface area contributed by atoms with Gasteiger partial charge in [-0.1, -0.05) is 18.9 Å². The highest BCUT2D eigenvalue weighted by atomic mass is 32.2. The lowest BCUT2D eigenvalue weighted by Gasteiger charge is -2.12. The van der Waals surface area contributed by atoms with E-state index in [9.17, 15) is 14.4 Å². The van der Waals surface area contributed by atoms with E-state index in [1.165, 1.54) is 0 Å². The van der Waals surface area contributed by atoms with Crippen molar-refractivity contribution in [1.29, 1.82) is 0 Å². The van der Waals surface area contributed by atoms with Gasteiger partial charge in [0, 0.05) is 6.42 Å². The molecule has 1 rings (SSSR count). The van der Waals surface area contributed by atoms with E-state index in [2.05, 4.69) is 4.84 Å². The van der Waals surface area contributed by atoms with Crippen LogP contribution < -0.4 is 0 Å². The van der Waals surface area contributed by atoms with Crippen molar-refractivity contribution in [3.8, 4) is 0 Å². The van der Waals surface area contributed by atoms with Crippen molar-refractivity contribution in [1.82, 2.24) is 5.06 Å². The Kier molecular flexibility index (Phi) is 8.40. The summed E-state index contributed by atoms with van der Waals surface area (Å²) in [6.07, 6.45) is 0.977. The molecule has 1 saturated heterocycles. The predicted molar refractivity (Wildman–Crippen MR) is 67.5 cm³/mol. The minimum absolute atomic E-state index is 0.147. The van der Waals surface area contributed by atoms with E-state index in [1.54, 1.807) is 11.8 Å². The minimum Gasteiger partial charge on any atom is -0.383 e. The van der Waals surface area contributed by atoms with Gasteiger partial charge in [0.1, 0.15) is 6.10 Å². The largest absolute Gasteiger partial charge is 0.383 e. The van der Waals surface area contributed by atoms with E-state index >= 15 is 0 Å². The second kappa shape index (κ2) is 8.93. The minimum atomic E-state index is -1.38. The van der Waals surface area contributed by atoms with Crippen LogP contribution in [0.4, 0.5) is 0 Å². The molecule has 6 nitrogen and oxygen atoms in total. The number of amides is 2. The van der Waals surface area contributed by atoms with E-state index in [0.29, 0.717) is 11.5 Å². The first-order valence-electron chi connectivity index (χ1n) is 5.81. The van der Waals surface area contributed by atoms with Crippen molar-refractivity contribution >= 4 is 29.5 Å². The summed E-state index contributed by atoms with van der Waals surface area (Å²) in [7, 11) is 0. The standard InChI is InChI=1S/C9H13NO5S.C2H6/c1-16-4-2-3-8(13)15-10-7(12)5-6(11)9(10)14;1-2/h6,11H,2-5H2,1H3;1-2H3. The molecule has 0 bridgehead atoms. The second-order valence-corrected chi connectivity index (χ2v) is 4.29. The number of hydroxylamine groups is 2. The quantitative estimate of drug-likeness (QED) is 0.589. The second-order valence-electron chi connectivity index (χ2n) is 3.31. The molecule has 1 fully saturated rings. The van der Waals surface area contributed by atoms with Gasteiger partial charge in [-0.05, 0) is 18.4 Å². The van der Waals surface area contributed by atoms with Crippen molar-refractivity contribution in [2.75, 3.05) is 12.0 Å². The Morgan fingerprint density at radius 2 is 2.11 bits per heavy atom. The molecule has 0 aromatic rings. The molecule has 0 aromatic heterocycles. The first-order valence-corrected chi connectivity index (χ1v) is 7.20. The Balaban J connectivity index is 0.00000137. The van der Waals surface area contributed by atoms with E-state index in [0.717, 1.165) is 5.75 Å². The molecule has 104 valence electrons. The molecule has 0 saturated carbocycles. The van der Waals surface area contributed by atoms with Crippen molar-refractivity contribution in [3.05, 3.63) is 0 Å². The van der Waals surface area contributed by atoms with Crippen molar-refractivity contribution in [2.24, 2.45) is 0 Å². The lowest BCUT2D eigenvalue weighted by Crippen LogP contribution is -2.34. The van der Waals surface area contributed by atoms with Gasteiger partial charge in [-0.3, -0.25) is 9.59 Å². The van der Waals surface area contributed by atoms with Crippen LogP contribution in [0, 0.1) is 0 Å².